The van der Waals surface area contributed by atoms with Crippen molar-refractivity contribution in [2.75, 3.05) is 5.32 Å². The summed E-state index contributed by atoms with van der Waals surface area (Å²) in [5, 5.41) is 14.2. The van der Waals surface area contributed by atoms with Gasteiger partial charge in [0.1, 0.15) is 6.04 Å². The molecule has 3 N–H and O–H groups in total. The SMILES string of the molecule is Cc1ccc(Br)cc1NC(=O)NC(C(=O)O)C1CC1. The lowest BCUT2D eigenvalue weighted by atomic mass is 10.2. The fraction of sp³-hybridized carbons (Fsp3) is 0.385. The second-order valence-electron chi connectivity index (χ2n) is 4.71. The van der Waals surface area contributed by atoms with Crippen molar-refractivity contribution in [3.8, 4) is 0 Å². The van der Waals surface area contributed by atoms with Gasteiger partial charge >= 0.3 is 12.0 Å². The number of hydrogen-bond acceptors (Lipinski definition) is 2. The first-order valence-electron chi connectivity index (χ1n) is 6.04. The molecule has 102 valence electrons. The first-order chi connectivity index (χ1) is 8.97. The highest BCUT2D eigenvalue weighted by molar-refractivity contribution is 9.10. The third kappa shape index (κ3) is 3.70. The number of aryl methyl sites for hydroxylation is 1. The number of hydrogen-bond donors (Lipinski definition) is 3. The van der Waals surface area contributed by atoms with Gasteiger partial charge in [0.05, 0.1) is 0 Å². The van der Waals surface area contributed by atoms with E-state index in [1.54, 1.807) is 6.07 Å². The van der Waals surface area contributed by atoms with E-state index in [4.69, 9.17) is 5.11 Å². The van der Waals surface area contributed by atoms with E-state index in [9.17, 15) is 9.59 Å². The van der Waals surface area contributed by atoms with Crippen molar-refractivity contribution in [2.45, 2.75) is 25.8 Å². The van der Waals surface area contributed by atoms with Crippen LogP contribution < -0.4 is 10.6 Å². The maximum Gasteiger partial charge on any atom is 0.326 e. The Hall–Kier alpha value is -1.56. The lowest BCUT2D eigenvalue weighted by Crippen LogP contribution is -2.44. The van der Waals surface area contributed by atoms with Crippen molar-refractivity contribution in [1.29, 1.82) is 0 Å². The fourth-order valence-corrected chi connectivity index (χ4v) is 2.20. The lowest BCUT2D eigenvalue weighted by molar-refractivity contribution is -0.139. The smallest absolute Gasteiger partial charge is 0.326 e. The predicted octanol–water partition coefficient (Wildman–Crippen LogP) is 2.74. The van der Waals surface area contributed by atoms with Gasteiger partial charge in [-0.2, -0.15) is 0 Å². The molecule has 1 fully saturated rings. The number of halogens is 1. The second-order valence-corrected chi connectivity index (χ2v) is 5.63. The highest BCUT2D eigenvalue weighted by atomic mass is 79.9. The van der Waals surface area contributed by atoms with Crippen LogP contribution in [0.2, 0.25) is 0 Å². The zero-order chi connectivity index (χ0) is 14.0. The first-order valence-corrected chi connectivity index (χ1v) is 6.83. The lowest BCUT2D eigenvalue weighted by Gasteiger charge is -2.15. The van der Waals surface area contributed by atoms with Crippen LogP contribution in [-0.2, 0) is 4.79 Å². The van der Waals surface area contributed by atoms with Crippen LogP contribution in [0.25, 0.3) is 0 Å². The van der Waals surface area contributed by atoms with Crippen LogP contribution in [0.3, 0.4) is 0 Å². The Labute approximate surface area is 119 Å². The van der Waals surface area contributed by atoms with E-state index in [-0.39, 0.29) is 5.92 Å². The summed E-state index contributed by atoms with van der Waals surface area (Å²) in [6, 6.07) is 4.24. The van der Waals surface area contributed by atoms with Crippen molar-refractivity contribution in [2.24, 2.45) is 5.92 Å². The molecular formula is C13H15BrN2O3. The fourth-order valence-electron chi connectivity index (χ4n) is 1.84. The summed E-state index contributed by atoms with van der Waals surface area (Å²) < 4.78 is 0.852. The van der Waals surface area contributed by atoms with Gasteiger partial charge in [0, 0.05) is 10.2 Å². The number of anilines is 1. The van der Waals surface area contributed by atoms with E-state index in [1.165, 1.54) is 0 Å². The highest BCUT2D eigenvalue weighted by Crippen LogP contribution is 2.32. The van der Waals surface area contributed by atoms with Crippen molar-refractivity contribution >= 4 is 33.6 Å². The molecule has 2 rings (SSSR count). The van der Waals surface area contributed by atoms with Crippen LogP contribution in [0, 0.1) is 12.8 Å². The highest BCUT2D eigenvalue weighted by Gasteiger charge is 2.37. The normalized spacial score (nSPS) is 15.7. The zero-order valence-corrected chi connectivity index (χ0v) is 12.0. The number of benzene rings is 1. The summed E-state index contributed by atoms with van der Waals surface area (Å²) in [5.74, 6) is -0.921. The largest absolute Gasteiger partial charge is 0.480 e. The van der Waals surface area contributed by atoms with Gasteiger partial charge in [0.2, 0.25) is 0 Å². The van der Waals surface area contributed by atoms with E-state index in [0.717, 1.165) is 22.9 Å². The van der Waals surface area contributed by atoms with Crippen LogP contribution in [0.5, 0.6) is 0 Å². The minimum Gasteiger partial charge on any atom is -0.480 e. The quantitative estimate of drug-likeness (QED) is 0.796. The third-order valence-corrected chi connectivity index (χ3v) is 3.59. The molecule has 6 heteroatoms. The van der Waals surface area contributed by atoms with Gasteiger partial charge in [-0.05, 0) is 43.4 Å². The van der Waals surface area contributed by atoms with Crippen LogP contribution in [-0.4, -0.2) is 23.1 Å². The molecule has 1 atom stereocenters. The number of urea groups is 1. The monoisotopic (exact) mass is 326 g/mol. The third-order valence-electron chi connectivity index (χ3n) is 3.09. The summed E-state index contributed by atoms with van der Waals surface area (Å²) in [4.78, 5) is 22.9. The number of carboxylic acid groups (broad SMARTS) is 1. The van der Waals surface area contributed by atoms with E-state index in [0.29, 0.717) is 5.69 Å². The maximum atomic E-state index is 11.8. The van der Waals surface area contributed by atoms with Gasteiger partial charge in [-0.25, -0.2) is 9.59 Å². The summed E-state index contributed by atoms with van der Waals surface area (Å²) >= 11 is 3.33. The van der Waals surface area contributed by atoms with Crippen LogP contribution in [0.15, 0.2) is 22.7 Å². The summed E-state index contributed by atoms with van der Waals surface area (Å²) in [7, 11) is 0. The molecule has 0 saturated heterocycles. The van der Waals surface area contributed by atoms with Gasteiger partial charge in [-0.3, -0.25) is 0 Å². The molecule has 2 amide bonds. The standard InChI is InChI=1S/C13H15BrN2O3/c1-7-2-5-9(14)6-10(7)15-13(19)16-11(12(17)18)8-3-4-8/h2,5-6,8,11H,3-4H2,1H3,(H,17,18)(H2,15,16,19). The van der Waals surface area contributed by atoms with Gasteiger partial charge in [0.15, 0.2) is 0 Å². The van der Waals surface area contributed by atoms with Crippen LogP contribution in [0.1, 0.15) is 18.4 Å². The Morgan fingerprint density at radius 3 is 2.68 bits per heavy atom. The molecule has 19 heavy (non-hydrogen) atoms. The van der Waals surface area contributed by atoms with E-state index < -0.39 is 18.0 Å². The number of aliphatic carboxylic acids is 1. The summed E-state index contributed by atoms with van der Waals surface area (Å²) in [6.07, 6.45) is 1.71. The average molecular weight is 327 g/mol. The molecule has 0 radical (unpaired) electrons. The minimum atomic E-state index is -0.983. The topological polar surface area (TPSA) is 78.4 Å². The van der Waals surface area contributed by atoms with Crippen molar-refractivity contribution < 1.29 is 14.7 Å². The molecule has 1 saturated carbocycles. The number of carbonyl (C=O) groups is 2. The van der Waals surface area contributed by atoms with Crippen LogP contribution in [0.4, 0.5) is 10.5 Å². The summed E-state index contributed by atoms with van der Waals surface area (Å²) in [6.45, 7) is 1.87. The van der Waals surface area contributed by atoms with Gasteiger partial charge in [-0.15, -0.1) is 0 Å². The second kappa shape index (κ2) is 5.61. The molecule has 1 unspecified atom stereocenters. The molecule has 0 aliphatic heterocycles. The van der Waals surface area contributed by atoms with E-state index in [1.807, 2.05) is 19.1 Å². The summed E-state index contributed by atoms with van der Waals surface area (Å²) in [5.41, 5.74) is 1.57. The van der Waals surface area contributed by atoms with Crippen LogP contribution >= 0.6 is 15.9 Å². The average Bonchev–Trinajstić information content (AvgIpc) is 3.14. The molecule has 0 heterocycles. The van der Waals surface area contributed by atoms with Gasteiger partial charge in [-0.1, -0.05) is 22.0 Å². The van der Waals surface area contributed by atoms with Crippen molar-refractivity contribution in [3.05, 3.63) is 28.2 Å². The molecule has 0 spiro atoms. The Balaban J connectivity index is 2.00. The number of carboxylic acids is 1. The Morgan fingerprint density at radius 2 is 2.11 bits per heavy atom. The zero-order valence-electron chi connectivity index (χ0n) is 10.4. The maximum absolute atomic E-state index is 11.8. The van der Waals surface area contributed by atoms with Crippen molar-refractivity contribution in [3.63, 3.8) is 0 Å². The van der Waals surface area contributed by atoms with Gasteiger partial charge in [0.25, 0.3) is 0 Å². The number of carbonyl (C=O) groups excluding carboxylic acids is 1. The molecular weight excluding hydrogens is 312 g/mol. The van der Waals surface area contributed by atoms with Gasteiger partial charge < -0.3 is 15.7 Å². The first kappa shape index (κ1) is 13.9. The number of nitrogens with one attached hydrogen (secondary N) is 2. The molecule has 0 bridgehead atoms. The molecule has 1 aromatic rings. The Kier molecular flexibility index (Phi) is 4.09. The van der Waals surface area contributed by atoms with E-state index >= 15 is 0 Å². The molecule has 0 aromatic heterocycles. The predicted molar refractivity (Wildman–Crippen MR) is 75.2 cm³/mol. The molecule has 1 aliphatic rings. The Morgan fingerprint density at radius 1 is 1.42 bits per heavy atom. The molecule has 1 aromatic carbocycles. The number of amides is 2. The Bertz CT molecular complexity index is 515. The molecule has 5 nitrogen and oxygen atoms in total. The number of rotatable bonds is 4. The minimum absolute atomic E-state index is 0.0619. The van der Waals surface area contributed by atoms with Crippen molar-refractivity contribution in [1.82, 2.24) is 5.32 Å². The molecule has 1 aliphatic carbocycles. The van der Waals surface area contributed by atoms with E-state index in [2.05, 4.69) is 26.6 Å².